The summed E-state index contributed by atoms with van der Waals surface area (Å²) in [4.78, 5) is 17.4. The van der Waals surface area contributed by atoms with Gasteiger partial charge in [-0.25, -0.2) is 0 Å². The maximum absolute atomic E-state index is 12.1. The van der Waals surface area contributed by atoms with Gasteiger partial charge in [-0.1, -0.05) is 5.16 Å². The van der Waals surface area contributed by atoms with Crippen LogP contribution in [0.25, 0.3) is 0 Å². The van der Waals surface area contributed by atoms with E-state index in [0.717, 1.165) is 24.2 Å². The maximum Gasteiger partial charge on any atom is 0.265 e. The van der Waals surface area contributed by atoms with E-state index in [1.165, 1.54) is 5.56 Å². The van der Waals surface area contributed by atoms with Crippen LogP contribution in [0.1, 0.15) is 24.5 Å². The van der Waals surface area contributed by atoms with Crippen molar-refractivity contribution in [1.82, 2.24) is 0 Å². The predicted octanol–water partition coefficient (Wildman–Crippen LogP) is 3.16. The van der Waals surface area contributed by atoms with E-state index in [9.17, 15) is 4.79 Å². The first-order valence-corrected chi connectivity index (χ1v) is 9.31. The van der Waals surface area contributed by atoms with Crippen molar-refractivity contribution < 1.29 is 23.8 Å². The molecular formula is C21H22N2O5. The highest BCUT2D eigenvalue weighted by molar-refractivity contribution is 5.99. The van der Waals surface area contributed by atoms with Crippen LogP contribution in [0.2, 0.25) is 0 Å². The van der Waals surface area contributed by atoms with Gasteiger partial charge in [0.05, 0.1) is 25.5 Å². The zero-order chi connectivity index (χ0) is 19.3. The average Bonchev–Trinajstić information content (AvgIpc) is 3.04. The molecule has 2 aliphatic rings. The van der Waals surface area contributed by atoms with E-state index < -0.39 is 0 Å². The summed E-state index contributed by atoms with van der Waals surface area (Å²) in [5, 5.41) is 6.83. The fourth-order valence-electron chi connectivity index (χ4n) is 3.09. The second kappa shape index (κ2) is 8.21. The molecule has 2 aromatic carbocycles. The number of carbonyl (C=O) groups excluding carboxylic acids is 1. The van der Waals surface area contributed by atoms with Gasteiger partial charge in [-0.15, -0.1) is 0 Å². The Balaban J connectivity index is 1.32. The van der Waals surface area contributed by atoms with Crippen molar-refractivity contribution in [1.29, 1.82) is 0 Å². The van der Waals surface area contributed by atoms with Crippen LogP contribution < -0.4 is 19.5 Å². The average molecular weight is 382 g/mol. The summed E-state index contributed by atoms with van der Waals surface area (Å²) in [6.45, 7) is 3.60. The van der Waals surface area contributed by atoms with Crippen molar-refractivity contribution in [2.75, 3.05) is 31.7 Å². The number of hydrogen-bond donors (Lipinski definition) is 1. The lowest BCUT2D eigenvalue weighted by molar-refractivity contribution is -0.120. The molecule has 1 N–H and O–H groups in total. The molecule has 7 heteroatoms. The van der Waals surface area contributed by atoms with Crippen LogP contribution >= 0.6 is 0 Å². The number of amides is 1. The van der Waals surface area contributed by atoms with Gasteiger partial charge in [0.1, 0.15) is 5.75 Å². The molecule has 0 fully saturated rings. The number of rotatable bonds is 5. The molecule has 146 valence electrons. The Labute approximate surface area is 163 Å². The standard InChI is InChI=1S/C21H22N2O5/c1-14(15-3-5-18-16(11-15)7-10-27-18)23-28-13-21(24)22-17-4-6-19-20(12-17)26-9-2-8-25-19/h3-6,11-12H,2,7-10,13H2,1H3,(H,22,24). The lowest BCUT2D eigenvalue weighted by atomic mass is 10.1. The number of hydrogen-bond acceptors (Lipinski definition) is 6. The lowest BCUT2D eigenvalue weighted by Crippen LogP contribution is -2.17. The fourth-order valence-corrected chi connectivity index (χ4v) is 3.09. The number of nitrogens with zero attached hydrogens (tertiary/aromatic N) is 1. The number of benzene rings is 2. The number of oxime groups is 1. The molecule has 2 aromatic rings. The molecule has 0 bridgehead atoms. The van der Waals surface area contributed by atoms with E-state index in [1.54, 1.807) is 18.2 Å². The van der Waals surface area contributed by atoms with E-state index in [0.29, 0.717) is 42.7 Å². The van der Waals surface area contributed by atoms with Crippen LogP contribution in [0.15, 0.2) is 41.6 Å². The van der Waals surface area contributed by atoms with Gasteiger partial charge in [-0.2, -0.15) is 0 Å². The minimum absolute atomic E-state index is 0.181. The predicted molar refractivity (Wildman–Crippen MR) is 104 cm³/mol. The van der Waals surface area contributed by atoms with Gasteiger partial charge in [-0.3, -0.25) is 4.79 Å². The number of carbonyl (C=O) groups is 1. The monoisotopic (exact) mass is 382 g/mol. The summed E-state index contributed by atoms with van der Waals surface area (Å²) in [5.74, 6) is 1.94. The molecule has 0 aromatic heterocycles. The quantitative estimate of drug-likeness (QED) is 0.635. The zero-order valence-electron chi connectivity index (χ0n) is 15.7. The van der Waals surface area contributed by atoms with Crippen LogP contribution in [-0.4, -0.2) is 38.0 Å². The first kappa shape index (κ1) is 18.2. The first-order valence-electron chi connectivity index (χ1n) is 9.31. The third kappa shape index (κ3) is 4.19. The highest BCUT2D eigenvalue weighted by atomic mass is 16.6. The van der Waals surface area contributed by atoms with Gasteiger partial charge in [0.15, 0.2) is 18.1 Å². The van der Waals surface area contributed by atoms with Crippen LogP contribution in [0.4, 0.5) is 5.69 Å². The molecule has 0 radical (unpaired) electrons. The zero-order valence-corrected chi connectivity index (χ0v) is 15.7. The smallest absolute Gasteiger partial charge is 0.265 e. The van der Waals surface area contributed by atoms with Crippen molar-refractivity contribution in [3.05, 3.63) is 47.5 Å². The van der Waals surface area contributed by atoms with Gasteiger partial charge in [0, 0.05) is 24.6 Å². The van der Waals surface area contributed by atoms with Crippen LogP contribution in [-0.2, 0) is 16.1 Å². The van der Waals surface area contributed by atoms with E-state index in [1.807, 2.05) is 25.1 Å². The van der Waals surface area contributed by atoms with E-state index in [2.05, 4.69) is 10.5 Å². The van der Waals surface area contributed by atoms with Crippen molar-refractivity contribution in [2.45, 2.75) is 19.8 Å². The van der Waals surface area contributed by atoms with Gasteiger partial charge in [-0.05, 0) is 48.4 Å². The highest BCUT2D eigenvalue weighted by Crippen LogP contribution is 2.32. The molecule has 2 heterocycles. The SMILES string of the molecule is CC(=NOCC(=O)Nc1ccc2c(c1)OCCCO2)c1ccc2c(c1)CCO2. The van der Waals surface area contributed by atoms with Gasteiger partial charge in [0.2, 0.25) is 0 Å². The molecule has 7 nitrogen and oxygen atoms in total. The Morgan fingerprint density at radius 2 is 1.82 bits per heavy atom. The Hall–Kier alpha value is -3.22. The first-order chi connectivity index (χ1) is 13.7. The summed E-state index contributed by atoms with van der Waals surface area (Å²) in [5.41, 5.74) is 3.45. The summed E-state index contributed by atoms with van der Waals surface area (Å²) >= 11 is 0. The summed E-state index contributed by atoms with van der Waals surface area (Å²) in [7, 11) is 0. The second-order valence-electron chi connectivity index (χ2n) is 6.63. The summed E-state index contributed by atoms with van der Waals surface area (Å²) in [6, 6.07) is 11.2. The van der Waals surface area contributed by atoms with Crippen molar-refractivity contribution in [2.24, 2.45) is 5.16 Å². The molecule has 0 saturated carbocycles. The minimum Gasteiger partial charge on any atom is -0.493 e. The molecule has 4 rings (SSSR count). The van der Waals surface area contributed by atoms with Gasteiger partial charge in [0.25, 0.3) is 5.91 Å². The fraction of sp³-hybridized carbons (Fsp3) is 0.333. The Morgan fingerprint density at radius 1 is 1.04 bits per heavy atom. The van der Waals surface area contributed by atoms with Gasteiger partial charge >= 0.3 is 0 Å². The molecule has 1 amide bonds. The molecular weight excluding hydrogens is 360 g/mol. The summed E-state index contributed by atoms with van der Waals surface area (Å²) in [6.07, 6.45) is 1.73. The molecule has 28 heavy (non-hydrogen) atoms. The van der Waals surface area contributed by atoms with Crippen LogP contribution in [0.3, 0.4) is 0 Å². The highest BCUT2D eigenvalue weighted by Gasteiger charge is 2.14. The van der Waals surface area contributed by atoms with Crippen molar-refractivity contribution >= 4 is 17.3 Å². The van der Waals surface area contributed by atoms with Crippen LogP contribution in [0.5, 0.6) is 17.2 Å². The molecule has 0 unspecified atom stereocenters. The molecule has 0 aliphatic carbocycles. The number of nitrogens with one attached hydrogen (secondary N) is 1. The number of ether oxygens (including phenoxy) is 3. The third-order valence-corrected chi connectivity index (χ3v) is 4.54. The number of fused-ring (bicyclic) bond motifs is 2. The van der Waals surface area contributed by atoms with E-state index >= 15 is 0 Å². The normalized spacial score (nSPS) is 15.2. The van der Waals surface area contributed by atoms with Gasteiger partial charge < -0.3 is 24.4 Å². The Morgan fingerprint density at radius 3 is 2.71 bits per heavy atom. The summed E-state index contributed by atoms with van der Waals surface area (Å²) < 4.78 is 16.7. The largest absolute Gasteiger partial charge is 0.493 e. The van der Waals surface area contributed by atoms with E-state index in [-0.39, 0.29) is 12.5 Å². The number of anilines is 1. The topological polar surface area (TPSA) is 78.4 Å². The van der Waals surface area contributed by atoms with Crippen molar-refractivity contribution in [3.63, 3.8) is 0 Å². The maximum atomic E-state index is 12.1. The Kier molecular flexibility index (Phi) is 5.32. The minimum atomic E-state index is -0.298. The van der Waals surface area contributed by atoms with Crippen molar-refractivity contribution in [3.8, 4) is 17.2 Å². The second-order valence-corrected chi connectivity index (χ2v) is 6.63. The Bertz CT molecular complexity index is 910. The van der Waals surface area contributed by atoms with Crippen LogP contribution in [0, 0.1) is 0 Å². The lowest BCUT2D eigenvalue weighted by Gasteiger charge is -2.10. The molecule has 2 aliphatic heterocycles. The third-order valence-electron chi connectivity index (χ3n) is 4.54. The molecule has 0 atom stereocenters. The van der Waals surface area contributed by atoms with E-state index in [4.69, 9.17) is 19.0 Å². The molecule has 0 saturated heterocycles. The molecule has 0 spiro atoms.